The number of nitriles is 1. The normalized spacial score (nSPS) is 11.5. The Labute approximate surface area is 126 Å². The van der Waals surface area contributed by atoms with Crippen LogP contribution >= 0.6 is 11.6 Å². The zero-order chi connectivity index (χ0) is 15.4. The van der Waals surface area contributed by atoms with E-state index in [9.17, 15) is 14.4 Å². The van der Waals surface area contributed by atoms with Crippen molar-refractivity contribution in [2.75, 3.05) is 7.11 Å². The molecule has 1 unspecified atom stereocenters. The zero-order valence-electron chi connectivity index (χ0n) is 11.1. The molecular weight excluding hydrogens is 293 g/mol. The SMILES string of the molecule is COc1ccc(Cl)cc1C(=O)C(C#N)c1ccccc1F. The van der Waals surface area contributed by atoms with Crippen LogP contribution in [0.4, 0.5) is 4.39 Å². The molecule has 2 aromatic carbocycles. The van der Waals surface area contributed by atoms with Gasteiger partial charge in [-0.15, -0.1) is 0 Å². The minimum absolute atomic E-state index is 0.0343. The van der Waals surface area contributed by atoms with Crippen molar-refractivity contribution in [1.29, 1.82) is 5.26 Å². The first-order chi connectivity index (χ1) is 10.1. The van der Waals surface area contributed by atoms with E-state index in [-0.39, 0.29) is 11.1 Å². The Balaban J connectivity index is 2.50. The van der Waals surface area contributed by atoms with E-state index in [4.69, 9.17) is 16.3 Å². The molecule has 106 valence electrons. The Morgan fingerprint density at radius 1 is 1.33 bits per heavy atom. The van der Waals surface area contributed by atoms with Crippen LogP contribution in [0.1, 0.15) is 21.8 Å². The monoisotopic (exact) mass is 303 g/mol. The van der Waals surface area contributed by atoms with Gasteiger partial charge in [0.15, 0.2) is 5.78 Å². The molecule has 21 heavy (non-hydrogen) atoms. The number of rotatable bonds is 4. The Hall–Kier alpha value is -2.38. The largest absolute Gasteiger partial charge is 0.496 e. The van der Waals surface area contributed by atoms with Gasteiger partial charge in [0.2, 0.25) is 0 Å². The first kappa shape index (κ1) is 15.0. The number of carbonyl (C=O) groups is 1. The van der Waals surface area contributed by atoms with Crippen LogP contribution in [-0.4, -0.2) is 12.9 Å². The number of hydrogen-bond acceptors (Lipinski definition) is 3. The number of ketones is 1. The second-order valence-electron chi connectivity index (χ2n) is 4.29. The molecule has 0 amide bonds. The predicted molar refractivity (Wildman–Crippen MR) is 77.1 cm³/mol. The summed E-state index contributed by atoms with van der Waals surface area (Å²) in [6.45, 7) is 0. The summed E-state index contributed by atoms with van der Waals surface area (Å²) in [5.41, 5.74) is 0.187. The predicted octanol–water partition coefficient (Wildman–Crippen LogP) is 3.98. The molecule has 2 aromatic rings. The molecule has 0 fully saturated rings. The molecule has 0 saturated carbocycles. The van der Waals surface area contributed by atoms with E-state index in [0.717, 1.165) is 0 Å². The van der Waals surface area contributed by atoms with Gasteiger partial charge in [0.1, 0.15) is 17.5 Å². The molecule has 0 spiro atoms. The van der Waals surface area contributed by atoms with Gasteiger partial charge < -0.3 is 4.74 Å². The number of nitrogens with zero attached hydrogens (tertiary/aromatic N) is 1. The molecule has 0 N–H and O–H groups in total. The van der Waals surface area contributed by atoms with E-state index in [1.54, 1.807) is 12.1 Å². The van der Waals surface area contributed by atoms with E-state index in [1.165, 1.54) is 37.4 Å². The first-order valence-corrected chi connectivity index (χ1v) is 6.48. The van der Waals surface area contributed by atoms with E-state index >= 15 is 0 Å². The molecule has 3 nitrogen and oxygen atoms in total. The van der Waals surface area contributed by atoms with Crippen molar-refractivity contribution in [1.82, 2.24) is 0 Å². The molecule has 0 aliphatic rings. The molecule has 0 radical (unpaired) electrons. The van der Waals surface area contributed by atoms with Crippen LogP contribution in [0.25, 0.3) is 0 Å². The van der Waals surface area contributed by atoms with E-state index < -0.39 is 17.5 Å². The van der Waals surface area contributed by atoms with Gasteiger partial charge in [0.05, 0.1) is 18.7 Å². The second kappa shape index (κ2) is 6.38. The summed E-state index contributed by atoms with van der Waals surface area (Å²) < 4.78 is 18.9. The van der Waals surface area contributed by atoms with Gasteiger partial charge in [0.25, 0.3) is 0 Å². The van der Waals surface area contributed by atoms with E-state index in [2.05, 4.69) is 0 Å². The molecule has 0 aliphatic heterocycles. The fourth-order valence-corrected chi connectivity index (χ4v) is 2.18. The Kier molecular flexibility index (Phi) is 4.56. The molecule has 1 atom stereocenters. The number of carbonyl (C=O) groups excluding carboxylic acids is 1. The smallest absolute Gasteiger partial charge is 0.188 e. The lowest BCUT2D eigenvalue weighted by atomic mass is 9.91. The number of hydrogen-bond donors (Lipinski definition) is 0. The van der Waals surface area contributed by atoms with Crippen LogP contribution in [0.2, 0.25) is 5.02 Å². The molecule has 0 aromatic heterocycles. The highest BCUT2D eigenvalue weighted by Gasteiger charge is 2.27. The lowest BCUT2D eigenvalue weighted by molar-refractivity contribution is 0.0974. The number of benzene rings is 2. The van der Waals surface area contributed by atoms with Crippen LogP contribution in [0, 0.1) is 17.1 Å². The Bertz CT molecular complexity index is 724. The number of ether oxygens (including phenoxy) is 1. The summed E-state index contributed by atoms with van der Waals surface area (Å²) in [7, 11) is 1.41. The van der Waals surface area contributed by atoms with E-state index in [0.29, 0.717) is 10.8 Å². The minimum atomic E-state index is -1.25. The highest BCUT2D eigenvalue weighted by Crippen LogP contribution is 2.29. The fraction of sp³-hybridized carbons (Fsp3) is 0.125. The van der Waals surface area contributed by atoms with Crippen molar-refractivity contribution in [3.63, 3.8) is 0 Å². The van der Waals surface area contributed by atoms with Crippen LogP contribution in [0.15, 0.2) is 42.5 Å². The average molecular weight is 304 g/mol. The summed E-state index contributed by atoms with van der Waals surface area (Å²) in [5.74, 6) is -2.11. The second-order valence-corrected chi connectivity index (χ2v) is 4.73. The maximum Gasteiger partial charge on any atom is 0.188 e. The summed E-state index contributed by atoms with van der Waals surface area (Å²) in [6, 6.07) is 12.1. The molecule has 0 bridgehead atoms. The zero-order valence-corrected chi connectivity index (χ0v) is 11.9. The minimum Gasteiger partial charge on any atom is -0.496 e. The van der Waals surface area contributed by atoms with Gasteiger partial charge in [-0.3, -0.25) is 4.79 Å². The molecule has 0 saturated heterocycles. The molecule has 0 aliphatic carbocycles. The van der Waals surface area contributed by atoms with Crippen LogP contribution < -0.4 is 4.74 Å². The summed E-state index contributed by atoms with van der Waals surface area (Å²) in [6.07, 6.45) is 0. The van der Waals surface area contributed by atoms with Crippen LogP contribution in [0.5, 0.6) is 5.75 Å². The Morgan fingerprint density at radius 3 is 2.67 bits per heavy atom. The summed E-state index contributed by atoms with van der Waals surface area (Å²) in [5, 5.41) is 9.59. The van der Waals surface area contributed by atoms with Gasteiger partial charge in [-0.2, -0.15) is 5.26 Å². The lowest BCUT2D eigenvalue weighted by Gasteiger charge is -2.12. The maximum atomic E-state index is 13.8. The van der Waals surface area contributed by atoms with Gasteiger partial charge in [0, 0.05) is 10.6 Å². The van der Waals surface area contributed by atoms with Crippen molar-refractivity contribution in [2.45, 2.75) is 5.92 Å². The standard InChI is InChI=1S/C16H11ClFNO2/c1-21-15-7-6-10(17)8-12(15)16(20)13(9-19)11-4-2-3-5-14(11)18/h2-8,13H,1H3. The van der Waals surface area contributed by atoms with Crippen LogP contribution in [-0.2, 0) is 0 Å². The quantitative estimate of drug-likeness (QED) is 0.803. The van der Waals surface area contributed by atoms with Crippen molar-refractivity contribution in [3.05, 3.63) is 64.4 Å². The molecule has 0 heterocycles. The van der Waals surface area contributed by atoms with E-state index in [1.807, 2.05) is 6.07 Å². The maximum absolute atomic E-state index is 13.8. The number of methoxy groups -OCH3 is 1. The highest BCUT2D eigenvalue weighted by molar-refractivity contribution is 6.31. The molecule has 5 heteroatoms. The van der Waals surface area contributed by atoms with Crippen molar-refractivity contribution < 1.29 is 13.9 Å². The first-order valence-electron chi connectivity index (χ1n) is 6.10. The summed E-state index contributed by atoms with van der Waals surface area (Å²) >= 11 is 5.88. The average Bonchev–Trinajstić information content (AvgIpc) is 2.49. The van der Waals surface area contributed by atoms with Crippen LogP contribution in [0.3, 0.4) is 0 Å². The lowest BCUT2D eigenvalue weighted by Crippen LogP contribution is -2.14. The summed E-state index contributed by atoms with van der Waals surface area (Å²) in [4.78, 5) is 12.5. The van der Waals surface area contributed by atoms with Gasteiger partial charge in [-0.25, -0.2) is 4.39 Å². The topological polar surface area (TPSA) is 50.1 Å². The highest BCUT2D eigenvalue weighted by atomic mass is 35.5. The number of Topliss-reactive ketones (excluding diaryl/α,β-unsaturated/α-hetero) is 1. The third-order valence-corrected chi connectivity index (χ3v) is 3.27. The molecule has 2 rings (SSSR count). The van der Waals surface area contributed by atoms with Crippen molar-refractivity contribution >= 4 is 17.4 Å². The third-order valence-electron chi connectivity index (χ3n) is 3.03. The fourth-order valence-electron chi connectivity index (χ4n) is 2.01. The number of halogens is 2. The van der Waals surface area contributed by atoms with Gasteiger partial charge in [-0.1, -0.05) is 29.8 Å². The van der Waals surface area contributed by atoms with Crippen molar-refractivity contribution in [3.8, 4) is 11.8 Å². The Morgan fingerprint density at radius 2 is 2.05 bits per heavy atom. The van der Waals surface area contributed by atoms with Gasteiger partial charge >= 0.3 is 0 Å². The van der Waals surface area contributed by atoms with Gasteiger partial charge in [-0.05, 0) is 24.3 Å². The van der Waals surface area contributed by atoms with Crippen molar-refractivity contribution in [2.24, 2.45) is 0 Å². The molecular formula is C16H11ClFNO2. The third kappa shape index (κ3) is 3.04.